The Bertz CT molecular complexity index is 553. The number of rotatable bonds is 5. The molecule has 0 radical (unpaired) electrons. The number of hydrogen-bond acceptors (Lipinski definition) is 4. The van der Waals surface area contributed by atoms with Crippen LogP contribution in [0.4, 0.5) is 26.3 Å². The zero-order chi connectivity index (χ0) is 16.1. The first-order valence-electron chi connectivity index (χ1n) is 3.97. The Kier molecular flexibility index (Phi) is 4.32. The van der Waals surface area contributed by atoms with E-state index in [1.54, 1.807) is 0 Å². The average molecular weight is 339 g/mol. The lowest BCUT2D eigenvalue weighted by molar-refractivity contribution is -0.246. The second-order valence-electron chi connectivity index (χ2n) is 3.37. The van der Waals surface area contributed by atoms with E-state index in [1.165, 1.54) is 0 Å². The molecular formula is C5H7F6NO5S2. The zero-order valence-electron chi connectivity index (χ0n) is 9.11. The molecule has 0 rings (SSSR count). The van der Waals surface area contributed by atoms with Crippen molar-refractivity contribution in [3.63, 3.8) is 0 Å². The molecule has 0 unspecified atom stereocenters. The highest BCUT2D eigenvalue weighted by Crippen LogP contribution is 2.50. The standard InChI is InChI=1S/C5H7F6NO5S2/c1-12(2)18(13,14)4(8,9)3(6,7)5(10,11)19(15,16)17/h1-2H3,(H,15,16,17). The SMILES string of the molecule is CN(C)S(=O)(=O)C(F)(F)C(F)(F)C(F)(F)S(=O)(=O)O. The van der Waals surface area contributed by atoms with E-state index < -0.39 is 40.9 Å². The third-order valence-corrected chi connectivity index (χ3v) is 4.63. The van der Waals surface area contributed by atoms with Crippen LogP contribution in [0, 0.1) is 0 Å². The topological polar surface area (TPSA) is 91.8 Å². The van der Waals surface area contributed by atoms with Crippen LogP contribution in [0.5, 0.6) is 0 Å². The van der Waals surface area contributed by atoms with Gasteiger partial charge in [0.15, 0.2) is 0 Å². The van der Waals surface area contributed by atoms with Gasteiger partial charge in [0.25, 0.3) is 10.0 Å². The molecule has 0 aromatic rings. The summed E-state index contributed by atoms with van der Waals surface area (Å²) < 4.78 is 126. The Hall–Kier alpha value is -0.600. The van der Waals surface area contributed by atoms with E-state index in [9.17, 15) is 43.2 Å². The van der Waals surface area contributed by atoms with Crippen LogP contribution >= 0.6 is 0 Å². The van der Waals surface area contributed by atoms with Crippen molar-refractivity contribution in [1.29, 1.82) is 0 Å². The van der Waals surface area contributed by atoms with Crippen molar-refractivity contribution in [2.45, 2.75) is 16.4 Å². The normalized spacial score (nSPS) is 15.9. The number of alkyl halides is 6. The summed E-state index contributed by atoms with van der Waals surface area (Å²) in [5.41, 5.74) is 0. The number of hydrogen-bond donors (Lipinski definition) is 1. The highest BCUT2D eigenvalue weighted by atomic mass is 32.2. The van der Waals surface area contributed by atoms with Gasteiger partial charge in [-0.3, -0.25) is 4.55 Å². The van der Waals surface area contributed by atoms with Gasteiger partial charge in [0.1, 0.15) is 0 Å². The van der Waals surface area contributed by atoms with Crippen molar-refractivity contribution in [1.82, 2.24) is 4.31 Å². The lowest BCUT2D eigenvalue weighted by atomic mass is 10.3. The Morgan fingerprint density at radius 2 is 1.16 bits per heavy atom. The molecule has 0 atom stereocenters. The first-order valence-corrected chi connectivity index (χ1v) is 6.85. The van der Waals surface area contributed by atoms with Gasteiger partial charge in [0.05, 0.1) is 0 Å². The molecule has 0 aliphatic rings. The predicted molar refractivity (Wildman–Crippen MR) is 49.0 cm³/mol. The minimum atomic E-state index is -6.98. The van der Waals surface area contributed by atoms with Gasteiger partial charge < -0.3 is 0 Å². The van der Waals surface area contributed by atoms with Crippen LogP contribution in [-0.2, 0) is 20.1 Å². The van der Waals surface area contributed by atoms with Crippen LogP contribution in [0.25, 0.3) is 0 Å². The summed E-state index contributed by atoms with van der Waals surface area (Å²) >= 11 is 0. The zero-order valence-corrected chi connectivity index (χ0v) is 10.7. The smallest absolute Gasteiger partial charge is 0.281 e. The molecule has 0 aromatic heterocycles. The Balaban J connectivity index is 6.23. The summed E-state index contributed by atoms with van der Waals surface area (Å²) in [5, 5.41) is -13.2. The van der Waals surface area contributed by atoms with Gasteiger partial charge in [-0.1, -0.05) is 0 Å². The fourth-order valence-electron chi connectivity index (χ4n) is 0.723. The lowest BCUT2D eigenvalue weighted by Crippen LogP contribution is -2.62. The largest absolute Gasteiger partial charge is 0.439 e. The molecule has 0 aromatic carbocycles. The highest BCUT2D eigenvalue weighted by Gasteiger charge is 2.82. The van der Waals surface area contributed by atoms with E-state index in [2.05, 4.69) is 0 Å². The lowest BCUT2D eigenvalue weighted by Gasteiger charge is -2.31. The molecule has 14 heteroatoms. The van der Waals surface area contributed by atoms with Gasteiger partial charge >= 0.3 is 26.5 Å². The summed E-state index contributed by atoms with van der Waals surface area (Å²) in [6.07, 6.45) is 0. The second-order valence-corrected chi connectivity index (χ2v) is 7.03. The van der Waals surface area contributed by atoms with Crippen LogP contribution < -0.4 is 0 Å². The van der Waals surface area contributed by atoms with Gasteiger partial charge in [-0.2, -0.15) is 34.8 Å². The van der Waals surface area contributed by atoms with Crippen molar-refractivity contribution >= 4 is 20.1 Å². The number of nitrogens with zero attached hydrogens (tertiary/aromatic N) is 1. The maximum Gasteiger partial charge on any atom is 0.439 e. The van der Waals surface area contributed by atoms with Crippen LogP contribution in [0.1, 0.15) is 0 Å². The second kappa shape index (κ2) is 4.46. The maximum atomic E-state index is 13.0. The molecule has 0 amide bonds. The van der Waals surface area contributed by atoms with E-state index >= 15 is 0 Å². The summed E-state index contributed by atoms with van der Waals surface area (Å²) in [6, 6.07) is 0. The summed E-state index contributed by atoms with van der Waals surface area (Å²) in [7, 11) is -12.6. The van der Waals surface area contributed by atoms with Gasteiger partial charge in [-0.15, -0.1) is 0 Å². The van der Waals surface area contributed by atoms with Crippen LogP contribution in [0.3, 0.4) is 0 Å². The van der Waals surface area contributed by atoms with E-state index in [4.69, 9.17) is 4.55 Å². The first kappa shape index (κ1) is 18.4. The van der Waals surface area contributed by atoms with Crippen LogP contribution in [0.2, 0.25) is 0 Å². The van der Waals surface area contributed by atoms with Crippen molar-refractivity contribution in [3.05, 3.63) is 0 Å². The van der Waals surface area contributed by atoms with E-state index in [0.29, 0.717) is 14.1 Å². The van der Waals surface area contributed by atoms with Crippen molar-refractivity contribution in [2.75, 3.05) is 14.1 Å². The molecule has 0 fully saturated rings. The monoisotopic (exact) mass is 339 g/mol. The van der Waals surface area contributed by atoms with Gasteiger partial charge in [0, 0.05) is 14.1 Å². The van der Waals surface area contributed by atoms with Gasteiger partial charge in [-0.25, -0.2) is 12.7 Å². The van der Waals surface area contributed by atoms with Crippen LogP contribution in [-0.4, -0.2) is 56.2 Å². The number of halogens is 6. The summed E-state index contributed by atoms with van der Waals surface area (Å²) in [4.78, 5) is 0. The number of sulfonamides is 1. The first-order chi connectivity index (χ1) is 7.94. The fraction of sp³-hybridized carbons (Fsp3) is 1.00. The molecule has 6 nitrogen and oxygen atoms in total. The molecular weight excluding hydrogens is 332 g/mol. The molecule has 116 valence electrons. The predicted octanol–water partition coefficient (Wildman–Crippen LogP) is 0.587. The Labute approximate surface area is 103 Å². The summed E-state index contributed by atoms with van der Waals surface area (Å²) in [6.45, 7) is 0. The van der Waals surface area contributed by atoms with Crippen molar-refractivity contribution < 1.29 is 47.7 Å². The molecule has 0 heterocycles. The third kappa shape index (κ3) is 2.41. The molecule has 0 saturated carbocycles. The highest BCUT2D eigenvalue weighted by molar-refractivity contribution is 7.90. The summed E-state index contributed by atoms with van der Waals surface area (Å²) in [5.74, 6) is -6.89. The molecule has 0 aliphatic carbocycles. The minimum absolute atomic E-state index is 0.338. The van der Waals surface area contributed by atoms with E-state index in [0.717, 1.165) is 0 Å². The molecule has 1 N–H and O–H groups in total. The quantitative estimate of drug-likeness (QED) is 0.585. The average Bonchev–Trinajstić information content (AvgIpc) is 2.14. The molecule has 0 saturated heterocycles. The molecule has 0 bridgehead atoms. The van der Waals surface area contributed by atoms with E-state index in [1.807, 2.05) is 0 Å². The van der Waals surface area contributed by atoms with E-state index in [-0.39, 0.29) is 0 Å². The van der Waals surface area contributed by atoms with Crippen LogP contribution in [0.15, 0.2) is 0 Å². The minimum Gasteiger partial charge on any atom is -0.281 e. The van der Waals surface area contributed by atoms with Crippen molar-refractivity contribution in [3.8, 4) is 0 Å². The third-order valence-electron chi connectivity index (χ3n) is 1.86. The maximum absolute atomic E-state index is 13.0. The van der Waals surface area contributed by atoms with Gasteiger partial charge in [-0.05, 0) is 0 Å². The molecule has 19 heavy (non-hydrogen) atoms. The van der Waals surface area contributed by atoms with Gasteiger partial charge in [0.2, 0.25) is 0 Å². The fourth-order valence-corrected chi connectivity index (χ4v) is 2.15. The molecule has 0 aliphatic heterocycles. The van der Waals surface area contributed by atoms with Crippen molar-refractivity contribution in [2.24, 2.45) is 0 Å². The Morgan fingerprint density at radius 3 is 1.37 bits per heavy atom. The molecule has 0 spiro atoms. The Morgan fingerprint density at radius 1 is 0.842 bits per heavy atom.